The fraction of sp³-hybridized carbons (Fsp3) is 0.412. The third-order valence-electron chi connectivity index (χ3n) is 4.76. The molecule has 3 aliphatic heterocycles. The number of oxazole rings is 1. The molecule has 1 N–H and O–H groups in total. The van der Waals surface area contributed by atoms with Gasteiger partial charge >= 0.3 is 5.91 Å². The Kier molecular flexibility index (Phi) is 4.47. The van der Waals surface area contributed by atoms with Crippen molar-refractivity contribution in [2.75, 3.05) is 19.6 Å². The third kappa shape index (κ3) is 3.55. The van der Waals surface area contributed by atoms with Crippen LogP contribution in [-0.2, 0) is 0 Å². The molecule has 2 aromatic rings. The van der Waals surface area contributed by atoms with Crippen molar-refractivity contribution >= 4 is 17.7 Å². The predicted octanol–water partition coefficient (Wildman–Crippen LogP) is 2.93. The van der Waals surface area contributed by atoms with Crippen LogP contribution in [0.15, 0.2) is 38.8 Å². The minimum atomic E-state index is -0.681. The molecule has 0 spiro atoms. The third-order valence-corrected chi connectivity index (χ3v) is 5.70. The molecule has 4 heterocycles. The molecule has 1 atom stereocenters. The van der Waals surface area contributed by atoms with Crippen LogP contribution in [-0.4, -0.2) is 41.5 Å². The summed E-state index contributed by atoms with van der Waals surface area (Å²) in [5.41, 5.74) is 0. The molecule has 5 rings (SSSR count). The zero-order valence-corrected chi connectivity index (χ0v) is 14.2. The maximum atomic E-state index is 13.7. The predicted molar refractivity (Wildman–Crippen MR) is 87.4 cm³/mol. The molecule has 1 aromatic heterocycles. The monoisotopic (exact) mass is 365 g/mol. The summed E-state index contributed by atoms with van der Waals surface area (Å²) in [5.74, 6) is -1.21. The maximum absolute atomic E-state index is 13.7. The second-order valence-corrected chi connectivity index (χ2v) is 7.43. The Morgan fingerprint density at radius 2 is 2.12 bits per heavy atom. The lowest BCUT2D eigenvalue weighted by Crippen LogP contribution is -2.57. The molecule has 3 saturated heterocycles. The van der Waals surface area contributed by atoms with Crippen molar-refractivity contribution in [2.45, 2.75) is 28.9 Å². The summed E-state index contributed by atoms with van der Waals surface area (Å²) < 4.78 is 32.1. The zero-order valence-electron chi connectivity index (χ0n) is 13.4. The van der Waals surface area contributed by atoms with Crippen LogP contribution < -0.4 is 5.32 Å². The van der Waals surface area contributed by atoms with Crippen molar-refractivity contribution in [3.05, 3.63) is 41.9 Å². The molecule has 5 nitrogen and oxygen atoms in total. The van der Waals surface area contributed by atoms with Crippen LogP contribution in [0.4, 0.5) is 8.78 Å². The molecule has 25 heavy (non-hydrogen) atoms. The SMILES string of the molecule is O=C(NC1CN2CCC1CC2)c1ncc(Sc2ccc(F)cc2F)o1. The Hall–Kier alpha value is -1.93. The van der Waals surface area contributed by atoms with Crippen LogP contribution in [0.3, 0.4) is 0 Å². The van der Waals surface area contributed by atoms with E-state index in [-0.39, 0.29) is 27.8 Å². The van der Waals surface area contributed by atoms with E-state index in [9.17, 15) is 13.6 Å². The fourth-order valence-electron chi connectivity index (χ4n) is 3.44. The lowest BCUT2D eigenvalue weighted by molar-refractivity contribution is 0.0599. The summed E-state index contributed by atoms with van der Waals surface area (Å²) in [7, 11) is 0. The number of benzene rings is 1. The first-order valence-corrected chi connectivity index (χ1v) is 9.02. The van der Waals surface area contributed by atoms with Crippen molar-refractivity contribution in [3.8, 4) is 0 Å². The molecule has 8 heteroatoms. The number of hydrogen-bond donors (Lipinski definition) is 1. The highest BCUT2D eigenvalue weighted by atomic mass is 32.2. The summed E-state index contributed by atoms with van der Waals surface area (Å²) in [5, 5.41) is 3.27. The number of fused-ring (bicyclic) bond motifs is 3. The van der Waals surface area contributed by atoms with Gasteiger partial charge in [-0.05, 0) is 55.7 Å². The lowest BCUT2D eigenvalue weighted by atomic mass is 9.84. The minimum Gasteiger partial charge on any atom is -0.425 e. The number of carbonyl (C=O) groups is 1. The van der Waals surface area contributed by atoms with E-state index < -0.39 is 11.6 Å². The summed E-state index contributed by atoms with van der Waals surface area (Å²) in [6, 6.07) is 3.42. The van der Waals surface area contributed by atoms with Gasteiger partial charge in [0, 0.05) is 18.7 Å². The Morgan fingerprint density at radius 1 is 1.32 bits per heavy atom. The van der Waals surface area contributed by atoms with Gasteiger partial charge in [-0.2, -0.15) is 0 Å². The number of carbonyl (C=O) groups excluding carboxylic acids is 1. The molecule has 2 bridgehead atoms. The van der Waals surface area contributed by atoms with Crippen molar-refractivity contribution in [1.29, 1.82) is 0 Å². The zero-order chi connectivity index (χ0) is 17.4. The highest BCUT2D eigenvalue weighted by Crippen LogP contribution is 2.31. The molecule has 0 saturated carbocycles. The fourth-order valence-corrected chi connectivity index (χ4v) is 4.17. The van der Waals surface area contributed by atoms with Crippen LogP contribution in [0.1, 0.15) is 23.5 Å². The Morgan fingerprint density at radius 3 is 2.80 bits per heavy atom. The van der Waals surface area contributed by atoms with Gasteiger partial charge in [-0.3, -0.25) is 4.79 Å². The van der Waals surface area contributed by atoms with Crippen molar-refractivity contribution in [2.24, 2.45) is 5.92 Å². The van der Waals surface area contributed by atoms with Crippen LogP contribution in [0, 0.1) is 17.6 Å². The first-order chi connectivity index (χ1) is 12.1. The van der Waals surface area contributed by atoms with E-state index in [1.54, 1.807) is 0 Å². The van der Waals surface area contributed by atoms with Crippen molar-refractivity contribution in [3.63, 3.8) is 0 Å². The second-order valence-electron chi connectivity index (χ2n) is 6.38. The highest BCUT2D eigenvalue weighted by Gasteiger charge is 2.35. The molecule has 0 aliphatic carbocycles. The smallest absolute Gasteiger partial charge is 0.307 e. The van der Waals surface area contributed by atoms with Crippen molar-refractivity contribution in [1.82, 2.24) is 15.2 Å². The van der Waals surface area contributed by atoms with Gasteiger partial charge in [0.25, 0.3) is 5.89 Å². The van der Waals surface area contributed by atoms with Gasteiger partial charge in [0.15, 0.2) is 5.09 Å². The Balaban J connectivity index is 1.41. The Labute approximate surface area is 147 Å². The molecule has 3 aliphatic rings. The van der Waals surface area contributed by atoms with Gasteiger partial charge in [0.05, 0.1) is 11.1 Å². The maximum Gasteiger partial charge on any atom is 0.307 e. The number of hydrogen-bond acceptors (Lipinski definition) is 5. The van der Waals surface area contributed by atoms with E-state index >= 15 is 0 Å². The van der Waals surface area contributed by atoms with E-state index in [1.807, 2.05) is 0 Å². The number of nitrogens with zero attached hydrogens (tertiary/aromatic N) is 2. The van der Waals surface area contributed by atoms with Gasteiger partial charge in [-0.15, -0.1) is 0 Å². The highest BCUT2D eigenvalue weighted by molar-refractivity contribution is 7.99. The normalized spacial score (nSPS) is 25.1. The second kappa shape index (κ2) is 6.76. The summed E-state index contributed by atoms with van der Waals surface area (Å²) in [4.78, 5) is 18.9. The topological polar surface area (TPSA) is 58.4 Å². The van der Waals surface area contributed by atoms with Crippen LogP contribution in [0.5, 0.6) is 0 Å². The summed E-state index contributed by atoms with van der Waals surface area (Å²) >= 11 is 0.960. The quantitative estimate of drug-likeness (QED) is 0.903. The van der Waals surface area contributed by atoms with E-state index in [0.29, 0.717) is 5.92 Å². The first kappa shape index (κ1) is 16.5. The van der Waals surface area contributed by atoms with E-state index in [4.69, 9.17) is 4.42 Å². The number of nitrogens with one attached hydrogen (secondary N) is 1. The van der Waals surface area contributed by atoms with E-state index in [1.165, 1.54) is 18.3 Å². The van der Waals surface area contributed by atoms with Crippen LogP contribution in [0.2, 0.25) is 0 Å². The number of piperidine rings is 3. The Bertz CT molecular complexity index is 790. The molecular weight excluding hydrogens is 348 g/mol. The number of rotatable bonds is 4. The molecule has 132 valence electrons. The van der Waals surface area contributed by atoms with Crippen LogP contribution in [0.25, 0.3) is 0 Å². The van der Waals surface area contributed by atoms with E-state index in [0.717, 1.165) is 50.3 Å². The van der Waals surface area contributed by atoms with Crippen molar-refractivity contribution < 1.29 is 18.0 Å². The molecule has 1 aromatic carbocycles. The van der Waals surface area contributed by atoms with Gasteiger partial charge < -0.3 is 14.6 Å². The minimum absolute atomic E-state index is 0.0403. The first-order valence-electron chi connectivity index (χ1n) is 8.20. The average Bonchev–Trinajstić information content (AvgIpc) is 3.07. The largest absolute Gasteiger partial charge is 0.425 e. The summed E-state index contributed by atoms with van der Waals surface area (Å²) in [6.07, 6.45) is 3.57. The van der Waals surface area contributed by atoms with E-state index in [2.05, 4.69) is 15.2 Å². The standard InChI is InChI=1S/C17H17F2N3O2S/c18-11-1-2-14(12(19)7-11)25-15-8-20-17(24-15)16(23)21-13-9-22-5-3-10(13)4-6-22/h1-2,7-8,10,13H,3-6,9H2,(H,21,23). The van der Waals surface area contributed by atoms with Gasteiger partial charge in [-0.1, -0.05) is 0 Å². The van der Waals surface area contributed by atoms with Crippen LogP contribution >= 0.6 is 11.8 Å². The summed E-state index contributed by atoms with van der Waals surface area (Å²) in [6.45, 7) is 3.06. The number of aromatic nitrogens is 1. The molecule has 0 radical (unpaired) electrons. The number of amides is 1. The lowest BCUT2D eigenvalue weighted by Gasteiger charge is -2.44. The van der Waals surface area contributed by atoms with Gasteiger partial charge in [-0.25, -0.2) is 13.8 Å². The number of halogens is 2. The average molecular weight is 365 g/mol. The molecule has 1 amide bonds. The van der Waals surface area contributed by atoms with Gasteiger partial charge in [0.2, 0.25) is 0 Å². The molecule has 1 unspecified atom stereocenters. The molecular formula is C17H17F2N3O2S. The van der Waals surface area contributed by atoms with Gasteiger partial charge in [0.1, 0.15) is 11.6 Å². The molecule has 3 fully saturated rings.